The van der Waals surface area contributed by atoms with Gasteiger partial charge in [0.15, 0.2) is 0 Å². The standard InChI is InChI=1S/C25H22N6O3/c26-20-8-4-10-22(28-20)30-24(32)17-12-18(25(33)31-23-11-5-9-21(27)29-23)14-19(13-17)34-15-16-6-2-1-3-7-16/h1-14H,15H2,(H3,26,28,30,32)(H3,27,29,31,33). The number of benzene rings is 2. The number of rotatable bonds is 7. The van der Waals surface area contributed by atoms with E-state index in [9.17, 15) is 9.59 Å². The van der Waals surface area contributed by atoms with E-state index >= 15 is 0 Å². The van der Waals surface area contributed by atoms with Crippen LogP contribution in [0.25, 0.3) is 0 Å². The van der Waals surface area contributed by atoms with E-state index in [1.165, 1.54) is 6.07 Å². The number of nitrogens with one attached hydrogen (secondary N) is 2. The summed E-state index contributed by atoms with van der Waals surface area (Å²) >= 11 is 0. The van der Waals surface area contributed by atoms with Crippen molar-refractivity contribution in [3.63, 3.8) is 0 Å². The van der Waals surface area contributed by atoms with Crippen molar-refractivity contribution in [3.8, 4) is 5.75 Å². The number of anilines is 4. The molecule has 0 aliphatic heterocycles. The fraction of sp³-hybridized carbons (Fsp3) is 0.0400. The van der Waals surface area contributed by atoms with Gasteiger partial charge in [0.2, 0.25) is 0 Å². The molecule has 34 heavy (non-hydrogen) atoms. The third-order valence-corrected chi connectivity index (χ3v) is 4.70. The molecule has 6 N–H and O–H groups in total. The van der Waals surface area contributed by atoms with E-state index < -0.39 is 11.8 Å². The van der Waals surface area contributed by atoms with Crippen LogP contribution in [0.15, 0.2) is 84.9 Å². The van der Waals surface area contributed by atoms with Gasteiger partial charge < -0.3 is 26.8 Å². The smallest absolute Gasteiger partial charge is 0.256 e. The van der Waals surface area contributed by atoms with Crippen molar-refractivity contribution in [2.24, 2.45) is 0 Å². The molecule has 0 spiro atoms. The van der Waals surface area contributed by atoms with Gasteiger partial charge in [-0.05, 0) is 48.0 Å². The van der Waals surface area contributed by atoms with E-state index in [-0.39, 0.29) is 41.0 Å². The normalized spacial score (nSPS) is 10.4. The molecule has 0 aliphatic rings. The summed E-state index contributed by atoms with van der Waals surface area (Å²) in [6, 6.07) is 23.9. The molecule has 4 rings (SSSR count). The zero-order chi connectivity index (χ0) is 23.9. The lowest BCUT2D eigenvalue weighted by Gasteiger charge is -2.12. The van der Waals surface area contributed by atoms with Gasteiger partial charge in [-0.15, -0.1) is 0 Å². The van der Waals surface area contributed by atoms with Crippen LogP contribution < -0.4 is 26.8 Å². The Kier molecular flexibility index (Phi) is 6.64. The number of ether oxygens (including phenoxy) is 1. The van der Waals surface area contributed by atoms with Crippen LogP contribution in [-0.2, 0) is 6.61 Å². The third kappa shape index (κ3) is 5.86. The molecule has 2 aromatic carbocycles. The van der Waals surface area contributed by atoms with Crippen molar-refractivity contribution in [3.05, 3.63) is 102 Å². The third-order valence-electron chi connectivity index (χ3n) is 4.70. The SMILES string of the molecule is Nc1cccc(NC(=O)c2cc(OCc3ccccc3)cc(C(=O)Nc3cccc(N)n3)c2)n1. The highest BCUT2D eigenvalue weighted by Crippen LogP contribution is 2.21. The predicted octanol–water partition coefficient (Wildman–Crippen LogP) is 3.72. The Bertz CT molecular complexity index is 1250. The molecule has 2 aromatic heterocycles. The van der Waals surface area contributed by atoms with Crippen LogP contribution in [0, 0.1) is 0 Å². The second-order valence-electron chi connectivity index (χ2n) is 7.32. The van der Waals surface area contributed by atoms with Gasteiger partial charge in [-0.25, -0.2) is 9.97 Å². The summed E-state index contributed by atoms with van der Waals surface area (Å²) in [5.74, 6) is 0.521. The van der Waals surface area contributed by atoms with Crippen molar-refractivity contribution in [2.45, 2.75) is 6.61 Å². The Balaban J connectivity index is 1.60. The molecule has 9 nitrogen and oxygen atoms in total. The topological polar surface area (TPSA) is 145 Å². The summed E-state index contributed by atoms with van der Waals surface area (Å²) in [6.45, 7) is 0.264. The fourth-order valence-corrected chi connectivity index (χ4v) is 3.10. The Morgan fingerprint density at radius 3 is 1.74 bits per heavy atom. The van der Waals surface area contributed by atoms with Crippen LogP contribution in [0.4, 0.5) is 23.3 Å². The largest absolute Gasteiger partial charge is 0.489 e. The van der Waals surface area contributed by atoms with Gasteiger partial charge in [-0.2, -0.15) is 0 Å². The number of pyridine rings is 2. The van der Waals surface area contributed by atoms with Gasteiger partial charge in [0.25, 0.3) is 11.8 Å². The first-order valence-electron chi connectivity index (χ1n) is 10.4. The van der Waals surface area contributed by atoms with Gasteiger partial charge in [0.05, 0.1) is 0 Å². The van der Waals surface area contributed by atoms with Gasteiger partial charge >= 0.3 is 0 Å². The van der Waals surface area contributed by atoms with Crippen LogP contribution in [0.3, 0.4) is 0 Å². The minimum absolute atomic E-state index is 0.209. The molecule has 0 atom stereocenters. The van der Waals surface area contributed by atoms with E-state index in [0.717, 1.165) is 5.56 Å². The van der Waals surface area contributed by atoms with Crippen LogP contribution in [0.1, 0.15) is 26.3 Å². The maximum Gasteiger partial charge on any atom is 0.256 e. The van der Waals surface area contributed by atoms with Crippen LogP contribution in [0.5, 0.6) is 5.75 Å². The van der Waals surface area contributed by atoms with E-state index in [1.54, 1.807) is 48.5 Å². The van der Waals surface area contributed by atoms with Gasteiger partial charge in [-0.3, -0.25) is 9.59 Å². The van der Waals surface area contributed by atoms with Crippen molar-refractivity contribution in [1.82, 2.24) is 9.97 Å². The zero-order valence-electron chi connectivity index (χ0n) is 18.1. The minimum atomic E-state index is -0.473. The van der Waals surface area contributed by atoms with E-state index in [0.29, 0.717) is 5.75 Å². The molecule has 0 saturated carbocycles. The monoisotopic (exact) mass is 454 g/mol. The van der Waals surface area contributed by atoms with Crippen LogP contribution >= 0.6 is 0 Å². The lowest BCUT2D eigenvalue weighted by atomic mass is 10.1. The second-order valence-corrected chi connectivity index (χ2v) is 7.32. The highest BCUT2D eigenvalue weighted by molar-refractivity contribution is 6.08. The molecule has 0 bridgehead atoms. The summed E-state index contributed by atoms with van der Waals surface area (Å²) in [7, 11) is 0. The number of amides is 2. The molecule has 0 aliphatic carbocycles. The number of nitrogens with zero attached hydrogens (tertiary/aromatic N) is 2. The predicted molar refractivity (Wildman–Crippen MR) is 130 cm³/mol. The first-order chi connectivity index (χ1) is 16.5. The van der Waals surface area contributed by atoms with Crippen LogP contribution in [-0.4, -0.2) is 21.8 Å². The number of nitrogen functional groups attached to an aromatic ring is 2. The minimum Gasteiger partial charge on any atom is -0.489 e. The summed E-state index contributed by atoms with van der Waals surface area (Å²) < 4.78 is 5.88. The Morgan fingerprint density at radius 2 is 1.24 bits per heavy atom. The molecule has 170 valence electrons. The summed E-state index contributed by atoms with van der Waals surface area (Å²) in [5.41, 5.74) is 12.7. The number of carbonyl (C=O) groups excluding carboxylic acids is 2. The quantitative estimate of drug-likeness (QED) is 0.333. The lowest BCUT2D eigenvalue weighted by Crippen LogP contribution is -2.17. The number of aromatic nitrogens is 2. The number of hydrogen-bond acceptors (Lipinski definition) is 7. The number of nitrogens with two attached hydrogens (primary N) is 2. The molecule has 2 amide bonds. The van der Waals surface area contributed by atoms with Crippen molar-refractivity contribution in [1.29, 1.82) is 0 Å². The molecule has 2 heterocycles. The Hall–Kier alpha value is -4.92. The zero-order valence-corrected chi connectivity index (χ0v) is 18.1. The van der Waals surface area contributed by atoms with Gasteiger partial charge in [-0.1, -0.05) is 42.5 Å². The first-order valence-corrected chi connectivity index (χ1v) is 10.4. The van der Waals surface area contributed by atoms with Crippen molar-refractivity contribution in [2.75, 3.05) is 22.1 Å². The summed E-state index contributed by atoms with van der Waals surface area (Å²) in [6.07, 6.45) is 0. The summed E-state index contributed by atoms with van der Waals surface area (Å²) in [4.78, 5) is 34.0. The van der Waals surface area contributed by atoms with E-state index in [2.05, 4.69) is 20.6 Å². The Labute approximate surface area is 195 Å². The van der Waals surface area contributed by atoms with E-state index in [1.807, 2.05) is 30.3 Å². The van der Waals surface area contributed by atoms with Crippen molar-refractivity contribution < 1.29 is 14.3 Å². The van der Waals surface area contributed by atoms with Crippen LogP contribution in [0.2, 0.25) is 0 Å². The number of hydrogen-bond donors (Lipinski definition) is 4. The first kappa shape index (κ1) is 22.3. The highest BCUT2D eigenvalue weighted by atomic mass is 16.5. The van der Waals surface area contributed by atoms with Gasteiger partial charge in [0.1, 0.15) is 35.6 Å². The molecule has 9 heteroatoms. The molecule has 4 aromatic rings. The second kappa shape index (κ2) is 10.1. The van der Waals surface area contributed by atoms with Gasteiger partial charge in [0, 0.05) is 11.1 Å². The average molecular weight is 454 g/mol. The highest BCUT2D eigenvalue weighted by Gasteiger charge is 2.16. The lowest BCUT2D eigenvalue weighted by molar-refractivity contribution is 0.102. The summed E-state index contributed by atoms with van der Waals surface area (Å²) in [5, 5.41) is 5.35. The Morgan fingerprint density at radius 1 is 0.706 bits per heavy atom. The molecule has 0 fully saturated rings. The van der Waals surface area contributed by atoms with Crippen molar-refractivity contribution >= 4 is 35.1 Å². The fourth-order valence-electron chi connectivity index (χ4n) is 3.10. The molecular weight excluding hydrogens is 432 g/mol. The average Bonchev–Trinajstić information content (AvgIpc) is 2.83. The molecular formula is C25H22N6O3. The van der Waals surface area contributed by atoms with E-state index in [4.69, 9.17) is 16.2 Å². The molecule has 0 radical (unpaired) electrons. The molecule has 0 unspecified atom stereocenters. The molecule has 0 saturated heterocycles. The number of carbonyl (C=O) groups is 2. The maximum absolute atomic E-state index is 12.9. The maximum atomic E-state index is 12.9.